The van der Waals surface area contributed by atoms with E-state index < -0.39 is 0 Å². The molecular weight excluding hydrogens is 186 g/mol. The van der Waals surface area contributed by atoms with E-state index in [4.69, 9.17) is 0 Å². The number of likely N-dealkylation sites (N-methyl/N-ethyl adjacent to an activating group) is 1. The lowest BCUT2D eigenvalue weighted by Gasteiger charge is -2.15. The fourth-order valence-corrected chi connectivity index (χ4v) is 1.64. The first-order valence-electron chi connectivity index (χ1n) is 5.58. The van der Waals surface area contributed by atoms with Crippen molar-refractivity contribution in [2.24, 2.45) is 0 Å². The van der Waals surface area contributed by atoms with Gasteiger partial charge in [0.05, 0.1) is 6.04 Å². The molecule has 1 unspecified atom stereocenters. The summed E-state index contributed by atoms with van der Waals surface area (Å²) in [4.78, 5) is 11.6. The highest BCUT2D eigenvalue weighted by atomic mass is 16.1. The average Bonchev–Trinajstić information content (AvgIpc) is 2.29. The molecule has 1 N–H and O–H groups in total. The number of hydrogen-bond acceptors (Lipinski definition) is 2. The molecule has 0 aromatic heterocycles. The summed E-state index contributed by atoms with van der Waals surface area (Å²) in [5.74, 6) is 0.292. The molecule has 0 saturated carbocycles. The number of Topliss-reactive ketones (excluding diaryl/α,β-unsaturated/α-hetero) is 1. The van der Waals surface area contributed by atoms with Gasteiger partial charge in [-0.3, -0.25) is 4.79 Å². The molecule has 0 saturated heterocycles. The zero-order chi connectivity index (χ0) is 11.1. The third kappa shape index (κ3) is 3.84. The van der Waals surface area contributed by atoms with Crippen molar-refractivity contribution >= 4 is 5.78 Å². The molecule has 0 spiro atoms. The number of hydrogen-bond donors (Lipinski definition) is 1. The van der Waals surface area contributed by atoms with Crippen molar-refractivity contribution in [2.45, 2.75) is 32.7 Å². The summed E-state index contributed by atoms with van der Waals surface area (Å²) < 4.78 is 0. The van der Waals surface area contributed by atoms with Gasteiger partial charge in [0.25, 0.3) is 0 Å². The summed E-state index contributed by atoms with van der Waals surface area (Å²) in [6.45, 7) is 4.78. The third-order valence-electron chi connectivity index (χ3n) is 2.47. The van der Waals surface area contributed by atoms with E-state index in [1.54, 1.807) is 0 Å². The molecule has 1 atom stereocenters. The van der Waals surface area contributed by atoms with Crippen LogP contribution in [0.2, 0.25) is 0 Å². The molecule has 0 bridgehead atoms. The monoisotopic (exact) mass is 205 g/mol. The number of carbonyl (C=O) groups is 1. The molecule has 2 heteroatoms. The quantitative estimate of drug-likeness (QED) is 0.771. The Balaban J connectivity index is 2.62. The molecular formula is C13H19NO. The molecule has 0 aliphatic rings. The van der Waals surface area contributed by atoms with Crippen LogP contribution in [0.4, 0.5) is 0 Å². The van der Waals surface area contributed by atoms with Gasteiger partial charge in [0.15, 0.2) is 0 Å². The molecule has 0 aliphatic heterocycles. The van der Waals surface area contributed by atoms with Crippen LogP contribution < -0.4 is 5.32 Å². The van der Waals surface area contributed by atoms with Gasteiger partial charge in [0.2, 0.25) is 0 Å². The Labute approximate surface area is 91.7 Å². The van der Waals surface area contributed by atoms with Crippen LogP contribution in [0.15, 0.2) is 30.3 Å². The SMILES string of the molecule is CCNC(Cc1ccccc1)C(=O)CC. The Morgan fingerprint density at radius 3 is 2.47 bits per heavy atom. The molecule has 82 valence electrons. The van der Waals surface area contributed by atoms with Crippen LogP contribution in [0.5, 0.6) is 0 Å². The predicted octanol–water partition coefficient (Wildman–Crippen LogP) is 2.19. The molecule has 1 aromatic rings. The molecule has 0 amide bonds. The number of benzene rings is 1. The van der Waals surface area contributed by atoms with Gasteiger partial charge in [-0.05, 0) is 18.5 Å². The minimum Gasteiger partial charge on any atom is -0.307 e. The smallest absolute Gasteiger partial charge is 0.149 e. The van der Waals surface area contributed by atoms with E-state index in [0.717, 1.165) is 13.0 Å². The van der Waals surface area contributed by atoms with Crippen molar-refractivity contribution in [2.75, 3.05) is 6.54 Å². The summed E-state index contributed by atoms with van der Waals surface area (Å²) in [5.41, 5.74) is 1.21. The first-order valence-corrected chi connectivity index (χ1v) is 5.58. The Morgan fingerprint density at radius 1 is 1.27 bits per heavy atom. The summed E-state index contributed by atoms with van der Waals surface area (Å²) in [6, 6.07) is 10.1. The predicted molar refractivity (Wildman–Crippen MR) is 62.9 cm³/mol. The third-order valence-corrected chi connectivity index (χ3v) is 2.47. The lowest BCUT2D eigenvalue weighted by molar-refractivity contribution is -0.120. The lowest BCUT2D eigenvalue weighted by Crippen LogP contribution is -2.38. The van der Waals surface area contributed by atoms with Crippen molar-refractivity contribution < 1.29 is 4.79 Å². The van der Waals surface area contributed by atoms with Crippen LogP contribution in [0.25, 0.3) is 0 Å². The zero-order valence-corrected chi connectivity index (χ0v) is 9.49. The normalized spacial score (nSPS) is 12.4. The van der Waals surface area contributed by atoms with Crippen LogP contribution >= 0.6 is 0 Å². The number of nitrogens with one attached hydrogen (secondary N) is 1. The molecule has 0 fully saturated rings. The fourth-order valence-electron chi connectivity index (χ4n) is 1.64. The second-order valence-corrected chi connectivity index (χ2v) is 3.62. The van der Waals surface area contributed by atoms with Crippen molar-refractivity contribution in [3.63, 3.8) is 0 Å². The van der Waals surface area contributed by atoms with Gasteiger partial charge in [-0.25, -0.2) is 0 Å². The number of carbonyl (C=O) groups excluding carboxylic acids is 1. The van der Waals surface area contributed by atoms with Crippen LogP contribution in [0.1, 0.15) is 25.8 Å². The first-order chi connectivity index (χ1) is 7.27. The van der Waals surface area contributed by atoms with E-state index in [1.807, 2.05) is 32.0 Å². The van der Waals surface area contributed by atoms with Gasteiger partial charge in [0, 0.05) is 6.42 Å². The van der Waals surface area contributed by atoms with E-state index in [1.165, 1.54) is 5.56 Å². The van der Waals surface area contributed by atoms with E-state index in [-0.39, 0.29) is 6.04 Å². The van der Waals surface area contributed by atoms with Crippen LogP contribution in [-0.4, -0.2) is 18.4 Å². The highest BCUT2D eigenvalue weighted by Crippen LogP contribution is 2.05. The lowest BCUT2D eigenvalue weighted by atomic mass is 10.0. The van der Waals surface area contributed by atoms with Crippen LogP contribution in [-0.2, 0) is 11.2 Å². The summed E-state index contributed by atoms with van der Waals surface area (Å²) in [6.07, 6.45) is 1.39. The van der Waals surface area contributed by atoms with Gasteiger partial charge < -0.3 is 5.32 Å². The van der Waals surface area contributed by atoms with E-state index in [2.05, 4.69) is 17.4 Å². The second-order valence-electron chi connectivity index (χ2n) is 3.62. The molecule has 1 aromatic carbocycles. The Hall–Kier alpha value is -1.15. The summed E-state index contributed by atoms with van der Waals surface area (Å²) in [5, 5.41) is 3.23. The molecule has 0 radical (unpaired) electrons. The van der Waals surface area contributed by atoms with Crippen molar-refractivity contribution in [1.29, 1.82) is 0 Å². The van der Waals surface area contributed by atoms with Gasteiger partial charge in [-0.15, -0.1) is 0 Å². The molecule has 1 rings (SSSR count). The Bertz CT molecular complexity index is 295. The molecule has 15 heavy (non-hydrogen) atoms. The zero-order valence-electron chi connectivity index (χ0n) is 9.49. The molecule has 2 nitrogen and oxygen atoms in total. The first kappa shape index (κ1) is 11.9. The van der Waals surface area contributed by atoms with E-state index >= 15 is 0 Å². The average molecular weight is 205 g/mol. The van der Waals surface area contributed by atoms with Gasteiger partial charge in [0.1, 0.15) is 5.78 Å². The van der Waals surface area contributed by atoms with Crippen molar-refractivity contribution in [3.05, 3.63) is 35.9 Å². The summed E-state index contributed by atoms with van der Waals surface area (Å²) in [7, 11) is 0. The van der Waals surface area contributed by atoms with Crippen LogP contribution in [0.3, 0.4) is 0 Å². The number of ketones is 1. The highest BCUT2D eigenvalue weighted by Gasteiger charge is 2.15. The maximum absolute atomic E-state index is 11.6. The van der Waals surface area contributed by atoms with Crippen molar-refractivity contribution in [1.82, 2.24) is 5.32 Å². The van der Waals surface area contributed by atoms with E-state index in [9.17, 15) is 4.79 Å². The van der Waals surface area contributed by atoms with Crippen LogP contribution in [0, 0.1) is 0 Å². The van der Waals surface area contributed by atoms with E-state index in [0.29, 0.717) is 12.2 Å². The molecule has 0 heterocycles. The summed E-state index contributed by atoms with van der Waals surface area (Å²) >= 11 is 0. The standard InChI is InChI=1S/C13H19NO/c1-3-13(15)12(14-4-2)10-11-8-6-5-7-9-11/h5-9,12,14H,3-4,10H2,1-2H3. The molecule has 0 aliphatic carbocycles. The van der Waals surface area contributed by atoms with Crippen molar-refractivity contribution in [3.8, 4) is 0 Å². The number of rotatable bonds is 6. The Morgan fingerprint density at radius 2 is 1.93 bits per heavy atom. The maximum atomic E-state index is 11.6. The van der Waals surface area contributed by atoms with Gasteiger partial charge >= 0.3 is 0 Å². The minimum absolute atomic E-state index is 0.0256. The minimum atomic E-state index is -0.0256. The maximum Gasteiger partial charge on any atom is 0.149 e. The van der Waals surface area contributed by atoms with Gasteiger partial charge in [-0.2, -0.15) is 0 Å². The Kier molecular flexibility index (Phi) is 5.05. The van der Waals surface area contributed by atoms with Gasteiger partial charge in [-0.1, -0.05) is 44.2 Å². The second kappa shape index (κ2) is 6.36. The highest BCUT2D eigenvalue weighted by molar-refractivity contribution is 5.84. The fraction of sp³-hybridized carbons (Fsp3) is 0.462. The topological polar surface area (TPSA) is 29.1 Å². The largest absolute Gasteiger partial charge is 0.307 e.